The van der Waals surface area contributed by atoms with E-state index in [1.807, 2.05) is 13.2 Å². The van der Waals surface area contributed by atoms with E-state index >= 15 is 0 Å². The second-order valence-electron chi connectivity index (χ2n) is 3.46. The molecule has 0 saturated heterocycles. The van der Waals surface area contributed by atoms with Crippen LogP contribution in [0.4, 0.5) is 10.8 Å². The summed E-state index contributed by atoms with van der Waals surface area (Å²) in [6, 6.07) is 0. The molecule has 1 heterocycles. The predicted molar refractivity (Wildman–Crippen MR) is 74.7 cm³/mol. The molecular formula is C10H18N4OS2. The zero-order valence-corrected chi connectivity index (χ0v) is 11.7. The molecule has 0 aliphatic heterocycles. The van der Waals surface area contributed by atoms with Gasteiger partial charge in [0.05, 0.1) is 4.90 Å². The average molecular weight is 274 g/mol. The highest BCUT2D eigenvalue weighted by Crippen LogP contribution is 2.34. The minimum atomic E-state index is 0.0718. The van der Waals surface area contributed by atoms with Crippen molar-refractivity contribution in [3.63, 3.8) is 0 Å². The lowest BCUT2D eigenvalue weighted by molar-refractivity contribution is -0.120. The van der Waals surface area contributed by atoms with Crippen molar-refractivity contribution in [1.82, 2.24) is 9.69 Å². The number of nitrogens with zero attached hydrogens (tertiary/aromatic N) is 1. The summed E-state index contributed by atoms with van der Waals surface area (Å²) >= 11 is 2.89. The molecule has 4 N–H and O–H groups in total. The molecule has 0 radical (unpaired) electrons. The van der Waals surface area contributed by atoms with Crippen LogP contribution in [0.15, 0.2) is 4.90 Å². The van der Waals surface area contributed by atoms with E-state index in [-0.39, 0.29) is 5.91 Å². The first kappa shape index (κ1) is 14.1. The Hall–Kier alpha value is -0.950. The number of carbonyl (C=O) groups excluding carboxylic acids is 1. The van der Waals surface area contributed by atoms with E-state index in [4.69, 9.17) is 5.73 Å². The van der Waals surface area contributed by atoms with E-state index in [0.717, 1.165) is 22.9 Å². The molecule has 0 aliphatic rings. The lowest BCUT2D eigenvalue weighted by atomic mass is 10.4. The number of amides is 1. The maximum absolute atomic E-state index is 11.4. The van der Waals surface area contributed by atoms with Gasteiger partial charge in [-0.15, -0.1) is 11.8 Å². The van der Waals surface area contributed by atoms with Crippen LogP contribution >= 0.6 is 23.3 Å². The lowest BCUT2D eigenvalue weighted by Gasteiger charge is -2.06. The van der Waals surface area contributed by atoms with Crippen LogP contribution in [-0.4, -0.2) is 29.6 Å². The van der Waals surface area contributed by atoms with E-state index in [1.54, 1.807) is 11.8 Å². The van der Waals surface area contributed by atoms with Crippen molar-refractivity contribution >= 4 is 40.0 Å². The molecule has 5 nitrogen and oxygen atoms in total. The molecule has 1 aromatic heterocycles. The summed E-state index contributed by atoms with van der Waals surface area (Å²) in [7, 11) is 0. The second-order valence-corrected chi connectivity index (χ2v) is 5.05. The number of hydrogen-bond acceptors (Lipinski definition) is 6. The minimum absolute atomic E-state index is 0.0718. The number of rotatable bonds is 7. The molecule has 0 aromatic carbocycles. The fourth-order valence-electron chi connectivity index (χ4n) is 1.25. The van der Waals surface area contributed by atoms with Crippen molar-refractivity contribution in [1.29, 1.82) is 0 Å². The zero-order chi connectivity index (χ0) is 12.7. The zero-order valence-electron chi connectivity index (χ0n) is 10.1. The Labute approximate surface area is 110 Å². The van der Waals surface area contributed by atoms with E-state index in [0.29, 0.717) is 18.8 Å². The van der Waals surface area contributed by atoms with Gasteiger partial charge in [0.2, 0.25) is 5.91 Å². The monoisotopic (exact) mass is 274 g/mol. The number of nitrogens with one attached hydrogen (secondary N) is 2. The van der Waals surface area contributed by atoms with Crippen molar-refractivity contribution in [2.75, 3.05) is 30.4 Å². The first-order valence-corrected chi connectivity index (χ1v) is 7.48. The van der Waals surface area contributed by atoms with Gasteiger partial charge in [-0.25, -0.2) is 0 Å². The van der Waals surface area contributed by atoms with Gasteiger partial charge in [-0.05, 0) is 24.2 Å². The summed E-state index contributed by atoms with van der Waals surface area (Å²) in [5.74, 6) is 0.628. The van der Waals surface area contributed by atoms with Crippen LogP contribution in [0.5, 0.6) is 0 Å². The highest BCUT2D eigenvalue weighted by atomic mass is 32.2. The highest BCUT2D eigenvalue weighted by Gasteiger charge is 2.10. The molecule has 0 bridgehead atoms. The number of hydrogen-bond donors (Lipinski definition) is 3. The van der Waals surface area contributed by atoms with Crippen LogP contribution in [0.2, 0.25) is 0 Å². The first-order valence-electron chi connectivity index (χ1n) is 5.48. The summed E-state index contributed by atoms with van der Waals surface area (Å²) in [6.07, 6.45) is 3.38. The Morgan fingerprint density at radius 3 is 2.94 bits per heavy atom. The summed E-state index contributed by atoms with van der Waals surface area (Å²) in [4.78, 5) is 12.3. The number of anilines is 2. The number of carbonyl (C=O) groups is 1. The van der Waals surface area contributed by atoms with Gasteiger partial charge in [0.1, 0.15) is 5.00 Å². The van der Waals surface area contributed by atoms with Gasteiger partial charge < -0.3 is 16.4 Å². The van der Waals surface area contributed by atoms with Crippen LogP contribution in [0.1, 0.15) is 19.8 Å². The van der Waals surface area contributed by atoms with E-state index < -0.39 is 0 Å². The van der Waals surface area contributed by atoms with Crippen LogP contribution in [0.25, 0.3) is 0 Å². The van der Waals surface area contributed by atoms with Crippen molar-refractivity contribution in [3.05, 3.63) is 0 Å². The molecule has 0 atom stereocenters. The number of nitrogens with two attached hydrogens (primary N) is 1. The van der Waals surface area contributed by atoms with Gasteiger partial charge in [0, 0.05) is 19.5 Å². The Kier molecular flexibility index (Phi) is 6.13. The molecule has 0 unspecified atom stereocenters. The maximum Gasteiger partial charge on any atom is 0.221 e. The Bertz CT molecular complexity index is 367. The van der Waals surface area contributed by atoms with E-state index in [2.05, 4.69) is 15.0 Å². The first-order chi connectivity index (χ1) is 8.19. The van der Waals surface area contributed by atoms with Crippen LogP contribution in [-0.2, 0) is 4.79 Å². The third-order valence-electron chi connectivity index (χ3n) is 2.09. The fraction of sp³-hybridized carbons (Fsp3) is 0.600. The van der Waals surface area contributed by atoms with E-state index in [9.17, 15) is 4.79 Å². The largest absolute Gasteiger partial charge is 0.382 e. The molecule has 96 valence electrons. The molecule has 0 fully saturated rings. The van der Waals surface area contributed by atoms with Gasteiger partial charge in [-0.1, -0.05) is 6.92 Å². The maximum atomic E-state index is 11.4. The summed E-state index contributed by atoms with van der Waals surface area (Å²) in [6.45, 7) is 3.37. The molecule has 1 aromatic rings. The van der Waals surface area contributed by atoms with Crippen molar-refractivity contribution in [3.8, 4) is 0 Å². The third-order valence-corrected chi connectivity index (χ3v) is 3.86. The van der Waals surface area contributed by atoms with Crippen LogP contribution in [0.3, 0.4) is 0 Å². The van der Waals surface area contributed by atoms with Gasteiger partial charge in [0.15, 0.2) is 5.82 Å². The number of nitrogen functional groups attached to an aromatic ring is 1. The summed E-state index contributed by atoms with van der Waals surface area (Å²) < 4.78 is 4.07. The minimum Gasteiger partial charge on any atom is -0.382 e. The normalized spacial score (nSPS) is 10.2. The quantitative estimate of drug-likeness (QED) is 0.660. The Balaban J connectivity index is 2.33. The van der Waals surface area contributed by atoms with Crippen LogP contribution in [0, 0.1) is 0 Å². The van der Waals surface area contributed by atoms with Crippen molar-refractivity contribution in [2.24, 2.45) is 0 Å². The lowest BCUT2D eigenvalue weighted by Crippen LogP contribution is -2.25. The Morgan fingerprint density at radius 2 is 2.29 bits per heavy atom. The average Bonchev–Trinajstić information content (AvgIpc) is 2.67. The Morgan fingerprint density at radius 1 is 1.53 bits per heavy atom. The second kappa shape index (κ2) is 7.39. The van der Waals surface area contributed by atoms with Gasteiger partial charge in [-0.3, -0.25) is 4.79 Å². The fourth-order valence-corrected chi connectivity index (χ4v) is 2.81. The SMILES string of the molecule is CCCNC(=O)CCNc1snc(N)c1SC. The number of aromatic nitrogens is 1. The molecule has 0 spiro atoms. The molecule has 7 heteroatoms. The molecule has 0 aliphatic carbocycles. The molecule has 17 heavy (non-hydrogen) atoms. The van der Waals surface area contributed by atoms with Gasteiger partial charge in [0.25, 0.3) is 0 Å². The molecule has 0 saturated carbocycles. The van der Waals surface area contributed by atoms with Gasteiger partial charge in [-0.2, -0.15) is 4.37 Å². The summed E-state index contributed by atoms with van der Waals surface area (Å²) in [5, 5.41) is 6.96. The van der Waals surface area contributed by atoms with E-state index in [1.165, 1.54) is 11.5 Å². The number of thioether (sulfide) groups is 1. The van der Waals surface area contributed by atoms with Crippen molar-refractivity contribution < 1.29 is 4.79 Å². The summed E-state index contributed by atoms with van der Waals surface area (Å²) in [5.41, 5.74) is 5.71. The third kappa shape index (κ3) is 4.43. The van der Waals surface area contributed by atoms with Crippen molar-refractivity contribution in [2.45, 2.75) is 24.7 Å². The topological polar surface area (TPSA) is 80.0 Å². The predicted octanol–water partition coefficient (Wildman–Crippen LogP) is 1.78. The molecule has 1 amide bonds. The molecule has 1 rings (SSSR count). The molecular weight excluding hydrogens is 256 g/mol. The smallest absolute Gasteiger partial charge is 0.221 e. The standard InChI is InChI=1S/C10H18N4OS2/c1-3-5-12-7(15)4-6-13-10-8(16-2)9(11)14-17-10/h13H,3-6H2,1-2H3,(H2,11,14)(H,12,15). The van der Waals surface area contributed by atoms with Gasteiger partial charge >= 0.3 is 0 Å². The van der Waals surface area contributed by atoms with Crippen LogP contribution < -0.4 is 16.4 Å². The highest BCUT2D eigenvalue weighted by molar-refractivity contribution is 7.99.